The molecule has 1 aromatic carbocycles. The molecule has 0 N–H and O–H groups in total. The van der Waals surface area contributed by atoms with Crippen molar-refractivity contribution in [1.82, 2.24) is 0 Å². The molecule has 84 valence electrons. The van der Waals surface area contributed by atoms with Gasteiger partial charge < -0.3 is 0 Å². The molecule has 1 nitrogen and oxygen atoms in total. The first-order valence-corrected chi connectivity index (χ1v) is 5.50. The van der Waals surface area contributed by atoms with E-state index in [1.54, 1.807) is 0 Å². The van der Waals surface area contributed by atoms with Crippen LogP contribution in [0.25, 0.3) is 0 Å². The number of hydrogen-bond acceptors (Lipinski definition) is 1. The lowest BCUT2D eigenvalue weighted by atomic mass is 9.81. The summed E-state index contributed by atoms with van der Waals surface area (Å²) in [4.78, 5) is 0. The maximum atomic E-state index is 13.5. The van der Waals surface area contributed by atoms with E-state index in [-0.39, 0.29) is 0 Å². The first-order valence-electron chi connectivity index (χ1n) is 5.50. The second-order valence-electron chi connectivity index (χ2n) is 4.51. The summed E-state index contributed by atoms with van der Waals surface area (Å²) in [6, 6.07) is 5.72. The minimum absolute atomic E-state index is 0.323. The zero-order valence-corrected chi connectivity index (χ0v) is 8.97. The predicted octanol–water partition coefficient (Wildman–Crippen LogP) is 3.59. The molecule has 1 fully saturated rings. The van der Waals surface area contributed by atoms with E-state index in [1.165, 1.54) is 6.07 Å². The second kappa shape index (κ2) is 4.21. The highest BCUT2D eigenvalue weighted by molar-refractivity contribution is 5.23. The summed E-state index contributed by atoms with van der Waals surface area (Å²) in [5.74, 6) is -0.856. The largest absolute Gasteiger partial charge is 0.207 e. The van der Waals surface area contributed by atoms with Crippen molar-refractivity contribution in [1.29, 1.82) is 5.26 Å². The molecule has 0 atom stereocenters. The van der Waals surface area contributed by atoms with Crippen molar-refractivity contribution in [2.24, 2.45) is 5.41 Å². The Hall–Kier alpha value is -1.43. The van der Waals surface area contributed by atoms with Crippen LogP contribution in [0, 0.1) is 28.4 Å². The van der Waals surface area contributed by atoms with E-state index in [1.807, 2.05) is 0 Å². The lowest BCUT2D eigenvalue weighted by Crippen LogP contribution is -2.18. The molecular formula is C13H13F2N. The predicted molar refractivity (Wildman–Crippen MR) is 56.6 cm³/mol. The Morgan fingerprint density at radius 1 is 1.25 bits per heavy atom. The lowest BCUT2D eigenvalue weighted by molar-refractivity contribution is 0.398. The molecule has 1 aliphatic rings. The van der Waals surface area contributed by atoms with Crippen LogP contribution in [0.3, 0.4) is 0 Å². The van der Waals surface area contributed by atoms with Crippen LogP contribution >= 0.6 is 0 Å². The number of benzene rings is 1. The number of nitrogens with zero attached hydrogens (tertiary/aromatic N) is 1. The van der Waals surface area contributed by atoms with Crippen molar-refractivity contribution < 1.29 is 8.78 Å². The van der Waals surface area contributed by atoms with Crippen LogP contribution in [-0.4, -0.2) is 0 Å². The van der Waals surface area contributed by atoms with Gasteiger partial charge in [-0.2, -0.15) is 5.26 Å². The maximum absolute atomic E-state index is 13.5. The molecule has 0 unspecified atom stereocenters. The summed E-state index contributed by atoms with van der Waals surface area (Å²) in [7, 11) is 0. The third kappa shape index (κ3) is 2.06. The van der Waals surface area contributed by atoms with Crippen LogP contribution in [-0.2, 0) is 6.42 Å². The van der Waals surface area contributed by atoms with Crippen molar-refractivity contribution in [2.75, 3.05) is 0 Å². The molecule has 0 aromatic heterocycles. The van der Waals surface area contributed by atoms with Crippen LogP contribution in [0.15, 0.2) is 18.2 Å². The highest BCUT2D eigenvalue weighted by Gasteiger charge is 2.34. The van der Waals surface area contributed by atoms with Crippen LogP contribution in [0.4, 0.5) is 8.78 Å². The van der Waals surface area contributed by atoms with E-state index < -0.39 is 17.0 Å². The highest BCUT2D eigenvalue weighted by Crippen LogP contribution is 2.40. The van der Waals surface area contributed by atoms with Crippen LogP contribution in [0.2, 0.25) is 0 Å². The highest BCUT2D eigenvalue weighted by atomic mass is 19.1. The van der Waals surface area contributed by atoms with E-state index >= 15 is 0 Å². The third-order valence-electron chi connectivity index (χ3n) is 3.33. The van der Waals surface area contributed by atoms with Gasteiger partial charge in [0.1, 0.15) is 11.6 Å². The molecule has 0 heterocycles. The van der Waals surface area contributed by atoms with E-state index in [4.69, 9.17) is 0 Å². The van der Waals surface area contributed by atoms with Gasteiger partial charge in [-0.3, -0.25) is 0 Å². The summed E-state index contributed by atoms with van der Waals surface area (Å²) in [5.41, 5.74) is -0.155. The number of halogens is 2. The third-order valence-corrected chi connectivity index (χ3v) is 3.33. The molecule has 0 bridgehead atoms. The molecule has 0 spiro atoms. The van der Waals surface area contributed by atoms with Crippen LogP contribution in [0.1, 0.15) is 31.2 Å². The standard InChI is InChI=1S/C13H13F2N/c14-11-3-4-12(15)10(7-11)8-13(9-16)5-1-2-6-13/h3-4,7H,1-2,5-6,8H2. The topological polar surface area (TPSA) is 23.8 Å². The maximum Gasteiger partial charge on any atom is 0.126 e. The Balaban J connectivity index is 2.26. The number of hydrogen-bond donors (Lipinski definition) is 0. The van der Waals surface area contributed by atoms with Gasteiger partial charge in [-0.05, 0) is 43.0 Å². The molecule has 0 saturated heterocycles. The summed E-state index contributed by atoms with van der Waals surface area (Å²) in [5, 5.41) is 9.17. The fourth-order valence-electron chi connectivity index (χ4n) is 2.42. The van der Waals surface area contributed by atoms with Gasteiger partial charge in [0.05, 0.1) is 11.5 Å². The molecule has 16 heavy (non-hydrogen) atoms. The minimum atomic E-state index is -0.478. The Kier molecular flexibility index (Phi) is 2.91. The van der Waals surface area contributed by atoms with Gasteiger partial charge in [-0.15, -0.1) is 0 Å². The summed E-state index contributed by atoms with van der Waals surface area (Å²) < 4.78 is 26.5. The Bertz CT molecular complexity index is 428. The van der Waals surface area contributed by atoms with E-state index in [0.717, 1.165) is 37.8 Å². The monoisotopic (exact) mass is 221 g/mol. The van der Waals surface area contributed by atoms with Gasteiger partial charge in [0, 0.05) is 0 Å². The van der Waals surface area contributed by atoms with E-state index in [0.29, 0.717) is 12.0 Å². The molecule has 2 rings (SSSR count). The minimum Gasteiger partial charge on any atom is -0.207 e. The van der Waals surface area contributed by atoms with Gasteiger partial charge >= 0.3 is 0 Å². The van der Waals surface area contributed by atoms with Crippen LogP contribution < -0.4 is 0 Å². The normalized spacial score (nSPS) is 18.3. The molecule has 0 aliphatic heterocycles. The molecule has 1 aromatic rings. The van der Waals surface area contributed by atoms with E-state index in [2.05, 4.69) is 6.07 Å². The number of nitriles is 1. The zero-order valence-electron chi connectivity index (χ0n) is 8.97. The molecule has 0 amide bonds. The van der Waals surface area contributed by atoms with Crippen LogP contribution in [0.5, 0.6) is 0 Å². The van der Waals surface area contributed by atoms with Crippen molar-refractivity contribution in [2.45, 2.75) is 32.1 Å². The Labute approximate surface area is 93.7 Å². The van der Waals surface area contributed by atoms with Gasteiger partial charge in [0.25, 0.3) is 0 Å². The van der Waals surface area contributed by atoms with Gasteiger partial charge in [-0.1, -0.05) is 12.8 Å². The van der Waals surface area contributed by atoms with Crippen molar-refractivity contribution in [3.05, 3.63) is 35.4 Å². The van der Waals surface area contributed by atoms with Crippen molar-refractivity contribution in [3.8, 4) is 6.07 Å². The molecule has 3 heteroatoms. The second-order valence-corrected chi connectivity index (χ2v) is 4.51. The number of rotatable bonds is 2. The van der Waals surface area contributed by atoms with Crippen molar-refractivity contribution >= 4 is 0 Å². The fraction of sp³-hybridized carbons (Fsp3) is 0.462. The zero-order chi connectivity index (χ0) is 11.6. The molecular weight excluding hydrogens is 208 g/mol. The summed E-state index contributed by atoms with van der Waals surface area (Å²) >= 11 is 0. The molecule has 0 radical (unpaired) electrons. The van der Waals surface area contributed by atoms with Gasteiger partial charge in [0.15, 0.2) is 0 Å². The van der Waals surface area contributed by atoms with E-state index in [9.17, 15) is 14.0 Å². The van der Waals surface area contributed by atoms with Gasteiger partial charge in [0.2, 0.25) is 0 Å². The van der Waals surface area contributed by atoms with Gasteiger partial charge in [-0.25, -0.2) is 8.78 Å². The fourth-order valence-corrected chi connectivity index (χ4v) is 2.42. The quantitative estimate of drug-likeness (QED) is 0.748. The lowest BCUT2D eigenvalue weighted by Gasteiger charge is -2.20. The summed E-state index contributed by atoms with van der Waals surface area (Å²) in [6.45, 7) is 0. The molecule has 1 saturated carbocycles. The Morgan fingerprint density at radius 3 is 2.56 bits per heavy atom. The molecule has 1 aliphatic carbocycles. The van der Waals surface area contributed by atoms with Crippen molar-refractivity contribution in [3.63, 3.8) is 0 Å². The smallest absolute Gasteiger partial charge is 0.126 e. The Morgan fingerprint density at radius 2 is 1.94 bits per heavy atom. The average Bonchev–Trinajstić information content (AvgIpc) is 2.73. The first kappa shape index (κ1) is 11.1. The average molecular weight is 221 g/mol. The SMILES string of the molecule is N#CC1(Cc2cc(F)ccc2F)CCCC1. The first-order chi connectivity index (χ1) is 7.65. The summed E-state index contributed by atoms with van der Waals surface area (Å²) in [6.07, 6.45) is 3.92.